The fourth-order valence-corrected chi connectivity index (χ4v) is 2.98. The molecule has 5 heteroatoms. The van der Waals surface area contributed by atoms with Crippen molar-refractivity contribution in [3.63, 3.8) is 0 Å². The number of carbonyl (C=O) groups is 1. The Morgan fingerprint density at radius 2 is 2.05 bits per heavy atom. The van der Waals surface area contributed by atoms with Crippen molar-refractivity contribution in [3.05, 3.63) is 47.5 Å². The molecule has 1 aliphatic carbocycles. The van der Waals surface area contributed by atoms with Gasteiger partial charge in [0.05, 0.1) is 11.4 Å². The van der Waals surface area contributed by atoms with E-state index in [9.17, 15) is 14.3 Å². The molecule has 1 heterocycles. The van der Waals surface area contributed by atoms with E-state index in [2.05, 4.69) is 5.10 Å². The highest BCUT2D eigenvalue weighted by Crippen LogP contribution is 2.34. The van der Waals surface area contributed by atoms with Gasteiger partial charge in [-0.2, -0.15) is 5.10 Å². The molecule has 0 bridgehead atoms. The Balaban J connectivity index is 2.01. The monoisotopic (exact) mass is 288 g/mol. The third kappa shape index (κ3) is 2.82. The SMILES string of the molecule is O=C(O)c1cn(-c2cccc(F)c2)nc1C1CCCCC1. The van der Waals surface area contributed by atoms with E-state index in [1.807, 2.05) is 0 Å². The smallest absolute Gasteiger partial charge is 0.339 e. The molecule has 4 nitrogen and oxygen atoms in total. The quantitative estimate of drug-likeness (QED) is 0.935. The van der Waals surface area contributed by atoms with Gasteiger partial charge in [-0.1, -0.05) is 25.3 Å². The van der Waals surface area contributed by atoms with Crippen LogP contribution in [0, 0.1) is 5.82 Å². The number of nitrogens with zero attached hydrogens (tertiary/aromatic N) is 2. The Kier molecular flexibility index (Phi) is 3.73. The van der Waals surface area contributed by atoms with E-state index in [-0.39, 0.29) is 17.3 Å². The lowest BCUT2D eigenvalue weighted by Gasteiger charge is -2.20. The van der Waals surface area contributed by atoms with Crippen LogP contribution in [0.15, 0.2) is 30.5 Å². The highest BCUT2D eigenvalue weighted by Gasteiger charge is 2.25. The van der Waals surface area contributed by atoms with Crippen LogP contribution in [0.25, 0.3) is 5.69 Å². The van der Waals surface area contributed by atoms with Gasteiger partial charge in [-0.15, -0.1) is 0 Å². The van der Waals surface area contributed by atoms with E-state index in [0.717, 1.165) is 25.7 Å². The number of benzene rings is 1. The fourth-order valence-electron chi connectivity index (χ4n) is 2.98. The molecule has 3 rings (SSSR count). The molecule has 1 fully saturated rings. The van der Waals surface area contributed by atoms with E-state index in [0.29, 0.717) is 11.4 Å². The second-order valence-corrected chi connectivity index (χ2v) is 5.49. The number of rotatable bonds is 3. The first kappa shape index (κ1) is 13.8. The van der Waals surface area contributed by atoms with Crippen molar-refractivity contribution in [2.45, 2.75) is 38.0 Å². The van der Waals surface area contributed by atoms with Crippen LogP contribution in [-0.4, -0.2) is 20.9 Å². The molecule has 0 aliphatic heterocycles. The normalized spacial score (nSPS) is 16.0. The lowest BCUT2D eigenvalue weighted by Crippen LogP contribution is -2.10. The second-order valence-electron chi connectivity index (χ2n) is 5.49. The molecule has 0 radical (unpaired) electrons. The summed E-state index contributed by atoms with van der Waals surface area (Å²) in [6.07, 6.45) is 6.85. The van der Waals surface area contributed by atoms with E-state index < -0.39 is 5.97 Å². The van der Waals surface area contributed by atoms with Gasteiger partial charge in [0, 0.05) is 12.1 Å². The third-order valence-corrected chi connectivity index (χ3v) is 4.04. The minimum Gasteiger partial charge on any atom is -0.478 e. The van der Waals surface area contributed by atoms with Crippen molar-refractivity contribution in [2.75, 3.05) is 0 Å². The molecular weight excluding hydrogens is 271 g/mol. The first-order valence-corrected chi connectivity index (χ1v) is 7.24. The Morgan fingerprint density at radius 3 is 2.71 bits per heavy atom. The maximum atomic E-state index is 13.3. The molecular formula is C16H17FN2O2. The Morgan fingerprint density at radius 1 is 1.29 bits per heavy atom. The number of aromatic nitrogens is 2. The molecule has 0 saturated heterocycles. The Labute approximate surface area is 122 Å². The zero-order valence-electron chi connectivity index (χ0n) is 11.6. The zero-order chi connectivity index (χ0) is 14.8. The molecule has 0 atom stereocenters. The van der Waals surface area contributed by atoms with Gasteiger partial charge in [-0.25, -0.2) is 13.9 Å². The number of carboxylic acid groups (broad SMARTS) is 1. The van der Waals surface area contributed by atoms with Crippen LogP contribution in [0.4, 0.5) is 4.39 Å². The zero-order valence-corrected chi connectivity index (χ0v) is 11.6. The molecule has 1 aromatic carbocycles. The number of carboxylic acids is 1. The van der Waals surface area contributed by atoms with Gasteiger partial charge in [-0.05, 0) is 31.0 Å². The third-order valence-electron chi connectivity index (χ3n) is 4.04. The maximum Gasteiger partial charge on any atom is 0.339 e. The van der Waals surface area contributed by atoms with Gasteiger partial charge in [0.15, 0.2) is 0 Å². The lowest BCUT2D eigenvalue weighted by molar-refractivity contribution is 0.0694. The summed E-state index contributed by atoms with van der Waals surface area (Å²) in [4.78, 5) is 11.4. The van der Waals surface area contributed by atoms with E-state index in [4.69, 9.17) is 0 Å². The molecule has 0 unspecified atom stereocenters. The topological polar surface area (TPSA) is 55.1 Å². The van der Waals surface area contributed by atoms with Gasteiger partial charge >= 0.3 is 5.97 Å². The maximum absolute atomic E-state index is 13.3. The largest absolute Gasteiger partial charge is 0.478 e. The van der Waals surface area contributed by atoms with Crippen molar-refractivity contribution < 1.29 is 14.3 Å². The first-order chi connectivity index (χ1) is 10.1. The van der Waals surface area contributed by atoms with Crippen LogP contribution in [0.2, 0.25) is 0 Å². The highest BCUT2D eigenvalue weighted by atomic mass is 19.1. The van der Waals surface area contributed by atoms with Gasteiger partial charge < -0.3 is 5.11 Å². The summed E-state index contributed by atoms with van der Waals surface area (Å²) < 4.78 is 14.8. The summed E-state index contributed by atoms with van der Waals surface area (Å²) in [6.45, 7) is 0. The number of halogens is 1. The van der Waals surface area contributed by atoms with Crippen molar-refractivity contribution >= 4 is 5.97 Å². The molecule has 1 aromatic heterocycles. The second kappa shape index (κ2) is 5.68. The summed E-state index contributed by atoms with van der Waals surface area (Å²) >= 11 is 0. The van der Waals surface area contributed by atoms with E-state index >= 15 is 0 Å². The average Bonchev–Trinajstić information content (AvgIpc) is 2.93. The van der Waals surface area contributed by atoms with Crippen molar-refractivity contribution in [1.82, 2.24) is 9.78 Å². The van der Waals surface area contributed by atoms with Gasteiger partial charge in [-0.3, -0.25) is 0 Å². The average molecular weight is 288 g/mol. The standard InChI is InChI=1S/C16H17FN2O2/c17-12-7-4-8-13(9-12)19-10-14(16(20)21)15(18-19)11-5-2-1-3-6-11/h4,7-11H,1-3,5-6H2,(H,20,21). The van der Waals surface area contributed by atoms with Gasteiger partial charge in [0.2, 0.25) is 0 Å². The van der Waals surface area contributed by atoms with Crippen LogP contribution in [0.3, 0.4) is 0 Å². The number of hydrogen-bond donors (Lipinski definition) is 1. The number of hydrogen-bond acceptors (Lipinski definition) is 2. The molecule has 1 aliphatic rings. The summed E-state index contributed by atoms with van der Waals surface area (Å²) in [5.74, 6) is -1.14. The molecule has 1 N–H and O–H groups in total. The predicted octanol–water partition coefficient (Wildman–Crippen LogP) is 3.76. The van der Waals surface area contributed by atoms with Crippen LogP contribution in [0.1, 0.15) is 54.1 Å². The summed E-state index contributed by atoms with van der Waals surface area (Å²) in [5, 5.41) is 13.8. The van der Waals surface area contributed by atoms with Crippen LogP contribution < -0.4 is 0 Å². The molecule has 1 saturated carbocycles. The summed E-state index contributed by atoms with van der Waals surface area (Å²) in [7, 11) is 0. The minimum absolute atomic E-state index is 0.194. The Bertz CT molecular complexity index is 660. The van der Waals surface area contributed by atoms with E-state index in [1.165, 1.54) is 29.4 Å². The minimum atomic E-state index is -0.974. The lowest BCUT2D eigenvalue weighted by atomic mass is 9.85. The van der Waals surface area contributed by atoms with Crippen molar-refractivity contribution in [1.29, 1.82) is 0 Å². The molecule has 110 valence electrons. The summed E-state index contributed by atoms with van der Waals surface area (Å²) in [5.41, 5.74) is 1.40. The predicted molar refractivity (Wildman–Crippen MR) is 76.3 cm³/mol. The van der Waals surface area contributed by atoms with Gasteiger partial charge in [0.25, 0.3) is 0 Å². The highest BCUT2D eigenvalue weighted by molar-refractivity contribution is 5.89. The Hall–Kier alpha value is -2.17. The summed E-state index contributed by atoms with van der Waals surface area (Å²) in [6, 6.07) is 6.01. The first-order valence-electron chi connectivity index (χ1n) is 7.24. The van der Waals surface area contributed by atoms with Gasteiger partial charge in [0.1, 0.15) is 11.4 Å². The van der Waals surface area contributed by atoms with Crippen molar-refractivity contribution in [3.8, 4) is 5.69 Å². The fraction of sp³-hybridized carbons (Fsp3) is 0.375. The van der Waals surface area contributed by atoms with Crippen LogP contribution >= 0.6 is 0 Å². The molecule has 0 amide bonds. The van der Waals surface area contributed by atoms with Crippen LogP contribution in [-0.2, 0) is 0 Å². The molecule has 0 spiro atoms. The van der Waals surface area contributed by atoms with Crippen LogP contribution in [0.5, 0.6) is 0 Å². The van der Waals surface area contributed by atoms with Crippen molar-refractivity contribution in [2.24, 2.45) is 0 Å². The molecule has 2 aromatic rings. The van der Waals surface area contributed by atoms with E-state index in [1.54, 1.807) is 12.1 Å². The number of aromatic carboxylic acids is 1. The molecule has 21 heavy (non-hydrogen) atoms.